The molecule has 0 bridgehead atoms. The molecule has 4 rings (SSSR count). The van der Waals surface area contributed by atoms with E-state index in [0.29, 0.717) is 18.0 Å². The maximum absolute atomic E-state index is 13.6. The summed E-state index contributed by atoms with van der Waals surface area (Å²) in [6.07, 6.45) is 0.721. The van der Waals surface area contributed by atoms with Gasteiger partial charge in [0.25, 0.3) is 5.91 Å². The van der Waals surface area contributed by atoms with Crippen LogP contribution in [0.4, 0.5) is 0 Å². The van der Waals surface area contributed by atoms with Gasteiger partial charge in [-0.05, 0) is 56.2 Å². The van der Waals surface area contributed by atoms with E-state index in [1.807, 2.05) is 61.5 Å². The van der Waals surface area contributed by atoms with Crippen molar-refractivity contribution in [1.82, 2.24) is 9.80 Å². The topological polar surface area (TPSA) is 74.0 Å². The number of hydrogen-bond acceptors (Lipinski definition) is 5. The molecular formula is C27H30N2O4. The van der Waals surface area contributed by atoms with Gasteiger partial charge in [-0.3, -0.25) is 9.59 Å². The number of aliphatic hydroxyl groups is 1. The molecule has 2 aromatic carbocycles. The zero-order valence-corrected chi connectivity index (χ0v) is 19.5. The first-order valence-corrected chi connectivity index (χ1v) is 11.3. The SMILES string of the molecule is CC(C)c1ccc([C@H]2C(C(=O)c3cc4ccccc4o3)=C(O)C(=O)N2CCCN(C)C)cc1. The molecule has 0 spiro atoms. The molecule has 6 heteroatoms. The van der Waals surface area contributed by atoms with E-state index in [2.05, 4.69) is 13.8 Å². The number of ketones is 1. The van der Waals surface area contributed by atoms with E-state index in [4.69, 9.17) is 4.42 Å². The zero-order valence-electron chi connectivity index (χ0n) is 19.5. The number of benzene rings is 2. The standard InChI is InChI=1S/C27H30N2O4/c1-17(2)18-10-12-19(13-11-18)24-23(26(31)27(32)29(24)15-7-14-28(3)4)25(30)22-16-20-8-5-6-9-21(20)33-22/h5-6,8-13,16-17,24,31H,7,14-15H2,1-4H3/t24-/m0/s1. The molecule has 1 N–H and O–H groups in total. The van der Waals surface area contributed by atoms with Crippen molar-refractivity contribution < 1.29 is 19.1 Å². The van der Waals surface area contributed by atoms with E-state index in [1.54, 1.807) is 17.0 Å². The summed E-state index contributed by atoms with van der Waals surface area (Å²) >= 11 is 0. The van der Waals surface area contributed by atoms with Gasteiger partial charge in [-0.2, -0.15) is 0 Å². The van der Waals surface area contributed by atoms with Gasteiger partial charge in [-0.15, -0.1) is 0 Å². The smallest absolute Gasteiger partial charge is 0.290 e. The molecular weight excluding hydrogens is 416 g/mol. The largest absolute Gasteiger partial charge is 0.503 e. The highest BCUT2D eigenvalue weighted by Crippen LogP contribution is 2.40. The quantitative estimate of drug-likeness (QED) is 0.488. The molecule has 0 radical (unpaired) electrons. The molecule has 0 unspecified atom stereocenters. The van der Waals surface area contributed by atoms with Gasteiger partial charge in [0.15, 0.2) is 11.5 Å². The number of rotatable bonds is 8. The zero-order chi connectivity index (χ0) is 23.7. The van der Waals surface area contributed by atoms with Crippen molar-refractivity contribution in [1.29, 1.82) is 0 Å². The summed E-state index contributed by atoms with van der Waals surface area (Å²) < 4.78 is 5.78. The molecule has 172 valence electrons. The first-order valence-electron chi connectivity index (χ1n) is 11.3. The molecule has 6 nitrogen and oxygen atoms in total. The molecule has 0 saturated carbocycles. The van der Waals surface area contributed by atoms with Crippen molar-refractivity contribution in [3.05, 3.63) is 82.8 Å². The minimum Gasteiger partial charge on any atom is -0.503 e. The van der Waals surface area contributed by atoms with E-state index < -0.39 is 23.5 Å². The predicted molar refractivity (Wildman–Crippen MR) is 128 cm³/mol. The number of hydrogen-bond donors (Lipinski definition) is 1. The van der Waals surface area contributed by atoms with E-state index in [1.165, 1.54) is 5.56 Å². The molecule has 3 aromatic rings. The lowest BCUT2D eigenvalue weighted by Crippen LogP contribution is -2.33. The van der Waals surface area contributed by atoms with Crippen LogP contribution in [-0.4, -0.2) is 53.8 Å². The Morgan fingerprint density at radius 1 is 1.12 bits per heavy atom. The molecule has 0 saturated heterocycles. The Morgan fingerprint density at radius 3 is 2.45 bits per heavy atom. The first kappa shape index (κ1) is 22.8. The highest BCUT2D eigenvalue weighted by molar-refractivity contribution is 6.16. The molecule has 1 aromatic heterocycles. The van der Waals surface area contributed by atoms with Crippen LogP contribution in [0, 0.1) is 0 Å². The van der Waals surface area contributed by atoms with E-state index >= 15 is 0 Å². The predicted octanol–water partition coefficient (Wildman–Crippen LogP) is 5.09. The van der Waals surface area contributed by atoms with Gasteiger partial charge in [0.2, 0.25) is 5.78 Å². The number of fused-ring (bicyclic) bond motifs is 1. The fourth-order valence-corrected chi connectivity index (χ4v) is 4.31. The third kappa shape index (κ3) is 4.44. The minimum atomic E-state index is -0.665. The number of carbonyl (C=O) groups is 2. The van der Waals surface area contributed by atoms with Crippen LogP contribution < -0.4 is 0 Å². The van der Waals surface area contributed by atoms with Gasteiger partial charge in [0.05, 0.1) is 11.6 Å². The van der Waals surface area contributed by atoms with E-state index in [9.17, 15) is 14.7 Å². The molecule has 33 heavy (non-hydrogen) atoms. The van der Waals surface area contributed by atoms with Crippen molar-refractivity contribution in [3.8, 4) is 0 Å². The molecule has 1 amide bonds. The van der Waals surface area contributed by atoms with E-state index in [-0.39, 0.29) is 11.3 Å². The number of para-hydroxylation sites is 1. The Balaban J connectivity index is 1.74. The molecule has 0 aliphatic carbocycles. The Kier molecular flexibility index (Phi) is 6.38. The number of nitrogens with zero attached hydrogens (tertiary/aromatic N) is 2. The van der Waals surface area contributed by atoms with Crippen LogP contribution in [0.5, 0.6) is 0 Å². The number of Topliss-reactive ketones (excluding diaryl/α,β-unsaturated/α-hetero) is 1. The van der Waals surface area contributed by atoms with Crippen LogP contribution >= 0.6 is 0 Å². The molecule has 1 aliphatic rings. The third-order valence-electron chi connectivity index (χ3n) is 6.12. The summed E-state index contributed by atoms with van der Waals surface area (Å²) in [6.45, 7) is 5.44. The normalized spacial score (nSPS) is 16.6. The van der Waals surface area contributed by atoms with Crippen molar-refractivity contribution in [2.24, 2.45) is 0 Å². The van der Waals surface area contributed by atoms with Gasteiger partial charge in [-0.1, -0.05) is 56.3 Å². The second-order valence-corrected chi connectivity index (χ2v) is 9.12. The number of amides is 1. The second-order valence-electron chi connectivity index (χ2n) is 9.12. The van der Waals surface area contributed by atoms with Crippen LogP contribution in [-0.2, 0) is 4.79 Å². The average Bonchev–Trinajstić information content (AvgIpc) is 3.33. The number of furan rings is 1. The lowest BCUT2D eigenvalue weighted by molar-refractivity contribution is -0.129. The lowest BCUT2D eigenvalue weighted by atomic mass is 9.93. The van der Waals surface area contributed by atoms with Crippen LogP contribution in [0.3, 0.4) is 0 Å². The monoisotopic (exact) mass is 446 g/mol. The Morgan fingerprint density at radius 2 is 1.82 bits per heavy atom. The highest BCUT2D eigenvalue weighted by atomic mass is 16.3. The fraction of sp³-hybridized carbons (Fsp3) is 0.333. The first-order chi connectivity index (χ1) is 15.8. The summed E-state index contributed by atoms with van der Waals surface area (Å²) in [5.41, 5.74) is 2.62. The summed E-state index contributed by atoms with van der Waals surface area (Å²) in [4.78, 5) is 30.3. The maximum atomic E-state index is 13.6. The van der Waals surface area contributed by atoms with Gasteiger partial charge >= 0.3 is 0 Å². The summed E-state index contributed by atoms with van der Waals surface area (Å²) in [6, 6.07) is 16.3. The van der Waals surface area contributed by atoms with Crippen molar-refractivity contribution in [2.75, 3.05) is 27.2 Å². The second kappa shape index (κ2) is 9.24. The maximum Gasteiger partial charge on any atom is 0.290 e. The van der Waals surface area contributed by atoms with E-state index in [0.717, 1.165) is 23.9 Å². The van der Waals surface area contributed by atoms with Crippen LogP contribution in [0.15, 0.2) is 70.3 Å². The van der Waals surface area contributed by atoms with Crippen molar-refractivity contribution in [3.63, 3.8) is 0 Å². The molecule has 2 heterocycles. The van der Waals surface area contributed by atoms with Crippen LogP contribution in [0.1, 0.15) is 53.9 Å². The fourth-order valence-electron chi connectivity index (χ4n) is 4.31. The van der Waals surface area contributed by atoms with Crippen LogP contribution in [0.25, 0.3) is 11.0 Å². The van der Waals surface area contributed by atoms with Gasteiger partial charge < -0.3 is 19.3 Å². The van der Waals surface area contributed by atoms with Crippen molar-refractivity contribution in [2.45, 2.75) is 32.2 Å². The third-order valence-corrected chi connectivity index (χ3v) is 6.12. The average molecular weight is 447 g/mol. The highest BCUT2D eigenvalue weighted by Gasteiger charge is 2.44. The van der Waals surface area contributed by atoms with Crippen LogP contribution in [0.2, 0.25) is 0 Å². The molecule has 1 atom stereocenters. The Labute approximate surface area is 194 Å². The van der Waals surface area contributed by atoms with Gasteiger partial charge in [0, 0.05) is 11.9 Å². The number of aliphatic hydroxyl groups excluding tert-OH is 1. The van der Waals surface area contributed by atoms with Gasteiger partial charge in [-0.25, -0.2) is 0 Å². The Bertz CT molecular complexity index is 1170. The molecule has 1 aliphatic heterocycles. The summed E-state index contributed by atoms with van der Waals surface area (Å²) in [5, 5.41) is 11.6. The van der Waals surface area contributed by atoms with Gasteiger partial charge in [0.1, 0.15) is 5.58 Å². The Hall–Kier alpha value is -3.38. The minimum absolute atomic E-state index is 0.0706. The number of carbonyl (C=O) groups excluding carboxylic acids is 2. The van der Waals surface area contributed by atoms with Crippen molar-refractivity contribution >= 4 is 22.7 Å². The summed E-state index contributed by atoms with van der Waals surface area (Å²) in [7, 11) is 3.94. The molecule has 0 fully saturated rings. The lowest BCUT2D eigenvalue weighted by Gasteiger charge is -2.27. The summed E-state index contributed by atoms with van der Waals surface area (Å²) in [5.74, 6) is -1.01.